The third-order valence-electron chi connectivity index (χ3n) is 5.73. The van der Waals surface area contributed by atoms with E-state index in [9.17, 15) is 19.2 Å². The second-order valence-corrected chi connectivity index (χ2v) is 8.75. The van der Waals surface area contributed by atoms with Crippen LogP contribution in [-0.4, -0.2) is 60.4 Å². The van der Waals surface area contributed by atoms with E-state index in [4.69, 9.17) is 4.74 Å². The Balaban J connectivity index is 1.33. The smallest absolute Gasteiger partial charge is 0.338 e. The molecule has 2 aliphatic heterocycles. The number of nitrogens with one attached hydrogen (secondary N) is 1. The Kier molecular flexibility index (Phi) is 6.66. The predicted molar refractivity (Wildman–Crippen MR) is 120 cm³/mol. The molecule has 1 atom stereocenters. The van der Waals surface area contributed by atoms with E-state index in [1.165, 1.54) is 16.2 Å². The second kappa shape index (κ2) is 9.62. The summed E-state index contributed by atoms with van der Waals surface area (Å²) >= 11 is 1.43. The first-order valence-corrected chi connectivity index (χ1v) is 11.6. The fourth-order valence-electron chi connectivity index (χ4n) is 4.08. The minimum Gasteiger partial charge on any atom is -0.462 e. The van der Waals surface area contributed by atoms with E-state index in [0.717, 1.165) is 17.7 Å². The zero-order valence-corrected chi connectivity index (χ0v) is 18.6. The van der Waals surface area contributed by atoms with Gasteiger partial charge in [0.15, 0.2) is 0 Å². The molecule has 3 amide bonds. The number of carbonyl (C=O) groups is 4. The first kappa shape index (κ1) is 22.2. The van der Waals surface area contributed by atoms with Crippen molar-refractivity contribution in [2.24, 2.45) is 0 Å². The van der Waals surface area contributed by atoms with Crippen LogP contribution in [0.5, 0.6) is 0 Å². The maximum atomic E-state index is 12.9. The van der Waals surface area contributed by atoms with E-state index >= 15 is 0 Å². The minimum absolute atomic E-state index is 0.0445. The highest BCUT2D eigenvalue weighted by atomic mass is 32.1. The lowest BCUT2D eigenvalue weighted by atomic mass is 10.0. The SMILES string of the molecule is CCOC(=O)c1ccc(N2C(=O)C[C@H](NC3CCN(C(=O)c4cccs4)CC3)C2=O)cc1. The van der Waals surface area contributed by atoms with Gasteiger partial charge in [0.25, 0.3) is 11.8 Å². The van der Waals surface area contributed by atoms with Crippen LogP contribution in [0.4, 0.5) is 5.69 Å². The van der Waals surface area contributed by atoms with Gasteiger partial charge in [-0.2, -0.15) is 0 Å². The topological polar surface area (TPSA) is 96.0 Å². The highest BCUT2D eigenvalue weighted by molar-refractivity contribution is 7.12. The van der Waals surface area contributed by atoms with Crippen molar-refractivity contribution in [2.45, 2.75) is 38.3 Å². The van der Waals surface area contributed by atoms with Crippen LogP contribution in [0.25, 0.3) is 0 Å². The number of anilines is 1. The molecule has 1 aromatic carbocycles. The summed E-state index contributed by atoms with van der Waals surface area (Å²) in [5.41, 5.74) is 0.807. The van der Waals surface area contributed by atoms with Gasteiger partial charge in [-0.25, -0.2) is 9.69 Å². The first-order chi connectivity index (χ1) is 15.5. The molecule has 0 radical (unpaired) electrons. The van der Waals surface area contributed by atoms with E-state index in [1.54, 1.807) is 31.2 Å². The number of ether oxygens (including phenoxy) is 1. The Morgan fingerprint density at radius 2 is 1.84 bits per heavy atom. The molecule has 0 bridgehead atoms. The third kappa shape index (κ3) is 4.58. The Morgan fingerprint density at radius 1 is 1.12 bits per heavy atom. The van der Waals surface area contributed by atoms with Gasteiger partial charge in [0.05, 0.1) is 35.2 Å². The number of amides is 3. The van der Waals surface area contributed by atoms with E-state index in [2.05, 4.69) is 5.32 Å². The van der Waals surface area contributed by atoms with Crippen LogP contribution in [0, 0.1) is 0 Å². The quantitative estimate of drug-likeness (QED) is 0.531. The molecule has 0 aliphatic carbocycles. The average Bonchev–Trinajstić information content (AvgIpc) is 3.43. The highest BCUT2D eigenvalue weighted by Crippen LogP contribution is 2.25. The lowest BCUT2D eigenvalue weighted by Gasteiger charge is -2.33. The molecular formula is C23H25N3O5S. The molecular weight excluding hydrogens is 430 g/mol. The second-order valence-electron chi connectivity index (χ2n) is 7.80. The number of likely N-dealkylation sites (tertiary alicyclic amines) is 1. The van der Waals surface area contributed by atoms with Crippen molar-refractivity contribution in [3.8, 4) is 0 Å². The van der Waals surface area contributed by atoms with Gasteiger partial charge in [-0.15, -0.1) is 11.3 Å². The van der Waals surface area contributed by atoms with E-state index in [0.29, 0.717) is 24.3 Å². The molecule has 0 saturated carbocycles. The van der Waals surface area contributed by atoms with E-state index < -0.39 is 12.0 Å². The van der Waals surface area contributed by atoms with Gasteiger partial charge in [0, 0.05) is 19.1 Å². The summed E-state index contributed by atoms with van der Waals surface area (Å²) in [6.45, 7) is 3.23. The van der Waals surface area contributed by atoms with E-state index in [1.807, 2.05) is 22.4 Å². The summed E-state index contributed by atoms with van der Waals surface area (Å²) in [5.74, 6) is -0.970. The van der Waals surface area contributed by atoms with Crippen LogP contribution in [0.2, 0.25) is 0 Å². The van der Waals surface area contributed by atoms with Gasteiger partial charge >= 0.3 is 5.97 Å². The van der Waals surface area contributed by atoms with Crippen molar-refractivity contribution < 1.29 is 23.9 Å². The molecule has 2 aromatic rings. The third-order valence-corrected chi connectivity index (χ3v) is 6.59. The van der Waals surface area contributed by atoms with Gasteiger partial charge in [-0.1, -0.05) is 6.07 Å². The zero-order valence-electron chi connectivity index (χ0n) is 17.8. The molecule has 9 heteroatoms. The molecule has 2 saturated heterocycles. The summed E-state index contributed by atoms with van der Waals surface area (Å²) in [7, 11) is 0. The molecule has 2 fully saturated rings. The fourth-order valence-corrected chi connectivity index (χ4v) is 4.78. The molecule has 0 spiro atoms. The summed E-state index contributed by atoms with van der Waals surface area (Å²) in [6, 6.07) is 9.44. The summed E-state index contributed by atoms with van der Waals surface area (Å²) < 4.78 is 4.96. The molecule has 2 aliphatic rings. The van der Waals surface area contributed by atoms with Crippen LogP contribution in [0.3, 0.4) is 0 Å². The van der Waals surface area contributed by atoms with Gasteiger partial charge < -0.3 is 15.0 Å². The monoisotopic (exact) mass is 455 g/mol. The standard InChI is InChI=1S/C23H25N3O5S/c1-2-31-23(30)15-5-7-17(8-6-15)26-20(27)14-18(21(26)28)24-16-9-11-25(12-10-16)22(29)19-4-3-13-32-19/h3-8,13,16,18,24H,2,9-12,14H2,1H3/t18-/m0/s1. The number of rotatable bonds is 6. The number of hydrogen-bond acceptors (Lipinski definition) is 7. The number of imide groups is 1. The Morgan fingerprint density at radius 3 is 2.47 bits per heavy atom. The van der Waals surface area contributed by atoms with Crippen molar-refractivity contribution in [3.63, 3.8) is 0 Å². The van der Waals surface area contributed by atoms with Crippen LogP contribution in [0.1, 0.15) is 46.2 Å². The number of thiophene rings is 1. The number of carbonyl (C=O) groups excluding carboxylic acids is 4. The number of hydrogen-bond donors (Lipinski definition) is 1. The van der Waals surface area contributed by atoms with Crippen LogP contribution in [-0.2, 0) is 14.3 Å². The van der Waals surface area contributed by atoms with Gasteiger partial charge in [-0.05, 0) is 55.5 Å². The molecule has 0 unspecified atom stereocenters. The van der Waals surface area contributed by atoms with Gasteiger partial charge in [0.2, 0.25) is 5.91 Å². The van der Waals surface area contributed by atoms with Crippen LogP contribution < -0.4 is 10.2 Å². The highest BCUT2D eigenvalue weighted by Gasteiger charge is 2.41. The lowest BCUT2D eigenvalue weighted by Crippen LogP contribution is -2.49. The molecule has 4 rings (SSSR count). The summed E-state index contributed by atoms with van der Waals surface area (Å²) in [5, 5.41) is 5.21. The molecule has 3 heterocycles. The largest absolute Gasteiger partial charge is 0.462 e. The van der Waals surface area contributed by atoms with E-state index in [-0.39, 0.29) is 36.8 Å². The van der Waals surface area contributed by atoms with Crippen LogP contribution >= 0.6 is 11.3 Å². The molecule has 32 heavy (non-hydrogen) atoms. The fraction of sp³-hybridized carbons (Fsp3) is 0.391. The Hall–Kier alpha value is -3.04. The molecule has 1 N–H and O–H groups in total. The predicted octanol–water partition coefficient (Wildman–Crippen LogP) is 2.45. The first-order valence-electron chi connectivity index (χ1n) is 10.7. The average molecular weight is 456 g/mol. The lowest BCUT2D eigenvalue weighted by molar-refractivity contribution is -0.121. The van der Waals surface area contributed by atoms with Crippen molar-refractivity contribution in [3.05, 3.63) is 52.2 Å². The van der Waals surface area contributed by atoms with Gasteiger partial charge in [-0.3, -0.25) is 14.4 Å². The summed E-state index contributed by atoms with van der Waals surface area (Å²) in [4.78, 5) is 53.5. The normalized spacial score (nSPS) is 19.5. The Bertz CT molecular complexity index is 997. The molecule has 1 aromatic heterocycles. The molecule has 8 nitrogen and oxygen atoms in total. The van der Waals surface area contributed by atoms with Crippen molar-refractivity contribution in [2.75, 3.05) is 24.6 Å². The van der Waals surface area contributed by atoms with Crippen molar-refractivity contribution in [1.82, 2.24) is 10.2 Å². The zero-order chi connectivity index (χ0) is 22.7. The van der Waals surface area contributed by atoms with Crippen LogP contribution in [0.15, 0.2) is 41.8 Å². The maximum absolute atomic E-state index is 12.9. The number of benzene rings is 1. The number of piperidine rings is 1. The molecule has 168 valence electrons. The number of nitrogens with zero attached hydrogens (tertiary/aromatic N) is 2. The summed E-state index contributed by atoms with van der Waals surface area (Å²) in [6.07, 6.45) is 1.54. The number of esters is 1. The maximum Gasteiger partial charge on any atom is 0.338 e. The Labute approximate surface area is 190 Å². The van der Waals surface area contributed by atoms with Gasteiger partial charge in [0.1, 0.15) is 0 Å². The van der Waals surface area contributed by atoms with Crippen molar-refractivity contribution >= 4 is 40.7 Å². The van der Waals surface area contributed by atoms with Crippen molar-refractivity contribution in [1.29, 1.82) is 0 Å². The minimum atomic E-state index is -0.586.